The highest BCUT2D eigenvalue weighted by atomic mass is 32.1. The summed E-state index contributed by atoms with van der Waals surface area (Å²) in [6.07, 6.45) is 0. The molecule has 1 heterocycles. The number of aliphatic hydroxyl groups is 1. The zero-order valence-electron chi connectivity index (χ0n) is 9.24. The molecule has 0 saturated carbocycles. The number of rotatable bonds is 4. The molecule has 80 valence electrons. The average molecular weight is 213 g/mol. The van der Waals surface area contributed by atoms with Crippen LogP contribution in [0, 0.1) is 0 Å². The van der Waals surface area contributed by atoms with Gasteiger partial charge < -0.3 is 10.4 Å². The smallest absolute Gasteiger partial charge is 0.0741 e. The molecule has 3 heteroatoms. The minimum absolute atomic E-state index is 0.0830. The third-order valence-corrected chi connectivity index (χ3v) is 3.58. The van der Waals surface area contributed by atoms with Gasteiger partial charge in [0, 0.05) is 17.0 Å². The molecule has 0 aliphatic rings. The molecule has 0 amide bonds. The molecular formula is C11H19NOS. The molecule has 2 N–H and O–H groups in total. The largest absolute Gasteiger partial charge is 0.389 e. The summed E-state index contributed by atoms with van der Waals surface area (Å²) in [5.41, 5.74) is -0.675. The number of hydrogen-bond acceptors (Lipinski definition) is 3. The minimum Gasteiger partial charge on any atom is -0.389 e. The molecule has 1 aromatic heterocycles. The summed E-state index contributed by atoms with van der Waals surface area (Å²) >= 11 is 1.74. The van der Waals surface area contributed by atoms with E-state index in [0.29, 0.717) is 6.04 Å². The van der Waals surface area contributed by atoms with E-state index in [4.69, 9.17) is 0 Å². The van der Waals surface area contributed by atoms with Crippen molar-refractivity contribution < 1.29 is 5.11 Å². The van der Waals surface area contributed by atoms with Crippen LogP contribution in [0.1, 0.15) is 38.6 Å². The van der Waals surface area contributed by atoms with E-state index in [1.807, 2.05) is 26.8 Å². The second-order valence-corrected chi connectivity index (χ2v) is 5.26. The molecule has 0 aromatic carbocycles. The van der Waals surface area contributed by atoms with Gasteiger partial charge in [0.1, 0.15) is 0 Å². The standard InChI is InChI=1S/C11H19NOS/c1-8(10-6-5-7-14-10)12-9(2)11(3,4)13/h5-9,12-13H,1-4H3/t8-,9?/m0/s1. The van der Waals surface area contributed by atoms with Crippen LogP contribution in [0.25, 0.3) is 0 Å². The van der Waals surface area contributed by atoms with Gasteiger partial charge in [-0.25, -0.2) is 0 Å². The summed E-state index contributed by atoms with van der Waals surface area (Å²) in [6, 6.07) is 4.54. The van der Waals surface area contributed by atoms with Crippen molar-refractivity contribution in [3.63, 3.8) is 0 Å². The van der Waals surface area contributed by atoms with Crippen LogP contribution in [-0.2, 0) is 0 Å². The molecule has 1 unspecified atom stereocenters. The molecule has 2 atom stereocenters. The summed E-state index contributed by atoms with van der Waals surface area (Å²) in [5, 5.41) is 15.2. The Morgan fingerprint density at radius 3 is 2.50 bits per heavy atom. The first-order valence-corrected chi connectivity index (χ1v) is 5.81. The van der Waals surface area contributed by atoms with Gasteiger partial charge in [-0.15, -0.1) is 11.3 Å². The van der Waals surface area contributed by atoms with E-state index in [-0.39, 0.29) is 6.04 Å². The van der Waals surface area contributed by atoms with E-state index in [2.05, 4.69) is 23.7 Å². The maximum atomic E-state index is 9.77. The highest BCUT2D eigenvalue weighted by Crippen LogP contribution is 2.20. The summed E-state index contributed by atoms with van der Waals surface area (Å²) in [6.45, 7) is 7.77. The van der Waals surface area contributed by atoms with Crippen molar-refractivity contribution in [3.05, 3.63) is 22.4 Å². The topological polar surface area (TPSA) is 32.3 Å². The van der Waals surface area contributed by atoms with Gasteiger partial charge in [-0.2, -0.15) is 0 Å². The van der Waals surface area contributed by atoms with Crippen molar-refractivity contribution in [1.29, 1.82) is 0 Å². The van der Waals surface area contributed by atoms with Gasteiger partial charge in [0.05, 0.1) is 5.60 Å². The zero-order chi connectivity index (χ0) is 10.8. The van der Waals surface area contributed by atoms with E-state index in [1.54, 1.807) is 11.3 Å². The first kappa shape index (κ1) is 11.7. The van der Waals surface area contributed by atoms with Gasteiger partial charge in [-0.05, 0) is 39.1 Å². The van der Waals surface area contributed by atoms with Gasteiger partial charge in [0.15, 0.2) is 0 Å². The predicted molar refractivity (Wildman–Crippen MR) is 61.6 cm³/mol. The Hall–Kier alpha value is -0.380. The van der Waals surface area contributed by atoms with Crippen molar-refractivity contribution >= 4 is 11.3 Å². The summed E-state index contributed by atoms with van der Waals surface area (Å²) in [4.78, 5) is 1.31. The Morgan fingerprint density at radius 2 is 2.07 bits per heavy atom. The van der Waals surface area contributed by atoms with E-state index in [9.17, 15) is 5.11 Å². The molecule has 0 saturated heterocycles. The van der Waals surface area contributed by atoms with Crippen molar-refractivity contribution in [2.45, 2.75) is 45.4 Å². The Bertz CT molecular complexity index is 263. The quantitative estimate of drug-likeness (QED) is 0.805. The molecule has 1 aromatic rings. The second kappa shape index (κ2) is 4.43. The zero-order valence-corrected chi connectivity index (χ0v) is 10.1. The Morgan fingerprint density at radius 1 is 1.43 bits per heavy atom. The number of thiophene rings is 1. The molecule has 1 rings (SSSR count). The van der Waals surface area contributed by atoms with Gasteiger partial charge in [0.25, 0.3) is 0 Å². The maximum absolute atomic E-state index is 9.77. The van der Waals surface area contributed by atoms with E-state index < -0.39 is 5.60 Å². The first-order valence-electron chi connectivity index (χ1n) is 4.93. The second-order valence-electron chi connectivity index (χ2n) is 4.28. The van der Waals surface area contributed by atoms with Crippen LogP contribution in [0.3, 0.4) is 0 Å². The highest BCUT2D eigenvalue weighted by molar-refractivity contribution is 7.10. The third kappa shape index (κ3) is 3.08. The van der Waals surface area contributed by atoms with Crippen molar-refractivity contribution in [2.75, 3.05) is 0 Å². The Balaban J connectivity index is 2.53. The molecule has 0 radical (unpaired) electrons. The first-order chi connectivity index (χ1) is 6.41. The fourth-order valence-corrected chi connectivity index (χ4v) is 1.94. The molecule has 0 bridgehead atoms. The maximum Gasteiger partial charge on any atom is 0.0741 e. The highest BCUT2D eigenvalue weighted by Gasteiger charge is 2.23. The lowest BCUT2D eigenvalue weighted by molar-refractivity contribution is 0.0407. The average Bonchev–Trinajstić information content (AvgIpc) is 2.53. The molecular weight excluding hydrogens is 194 g/mol. The Kier molecular flexibility index (Phi) is 3.70. The van der Waals surface area contributed by atoms with E-state index in [1.165, 1.54) is 4.88 Å². The molecule has 0 spiro atoms. The SMILES string of the molecule is CC(N[C@@H](C)c1cccs1)C(C)(C)O. The van der Waals surface area contributed by atoms with Crippen LogP contribution in [-0.4, -0.2) is 16.7 Å². The predicted octanol–water partition coefficient (Wildman–Crippen LogP) is 2.56. The van der Waals surface area contributed by atoms with E-state index in [0.717, 1.165) is 0 Å². The lowest BCUT2D eigenvalue weighted by Gasteiger charge is -2.29. The number of hydrogen-bond donors (Lipinski definition) is 2. The lowest BCUT2D eigenvalue weighted by Crippen LogP contribution is -2.45. The van der Waals surface area contributed by atoms with Crippen LogP contribution < -0.4 is 5.32 Å². The van der Waals surface area contributed by atoms with Crippen LogP contribution in [0.4, 0.5) is 0 Å². The minimum atomic E-state index is -0.675. The molecule has 0 fully saturated rings. The third-order valence-electron chi connectivity index (χ3n) is 2.53. The van der Waals surface area contributed by atoms with Crippen LogP contribution in [0.5, 0.6) is 0 Å². The normalized spacial score (nSPS) is 16.6. The van der Waals surface area contributed by atoms with Crippen LogP contribution in [0.15, 0.2) is 17.5 Å². The summed E-state index contributed by atoms with van der Waals surface area (Å²) in [7, 11) is 0. The van der Waals surface area contributed by atoms with Gasteiger partial charge in [-0.3, -0.25) is 0 Å². The lowest BCUT2D eigenvalue weighted by atomic mass is 10.00. The fourth-order valence-electron chi connectivity index (χ4n) is 1.20. The fraction of sp³-hybridized carbons (Fsp3) is 0.636. The van der Waals surface area contributed by atoms with Crippen molar-refractivity contribution in [3.8, 4) is 0 Å². The molecule has 2 nitrogen and oxygen atoms in total. The van der Waals surface area contributed by atoms with Crippen LogP contribution in [0.2, 0.25) is 0 Å². The number of nitrogens with one attached hydrogen (secondary N) is 1. The summed E-state index contributed by atoms with van der Waals surface area (Å²) < 4.78 is 0. The summed E-state index contributed by atoms with van der Waals surface area (Å²) in [5.74, 6) is 0. The molecule has 0 aliphatic heterocycles. The Labute approximate surface area is 90.0 Å². The van der Waals surface area contributed by atoms with Gasteiger partial charge in [-0.1, -0.05) is 6.07 Å². The van der Waals surface area contributed by atoms with Crippen molar-refractivity contribution in [2.24, 2.45) is 0 Å². The molecule has 0 aliphatic carbocycles. The van der Waals surface area contributed by atoms with Gasteiger partial charge >= 0.3 is 0 Å². The van der Waals surface area contributed by atoms with Crippen LogP contribution >= 0.6 is 11.3 Å². The monoisotopic (exact) mass is 213 g/mol. The van der Waals surface area contributed by atoms with Crippen molar-refractivity contribution in [1.82, 2.24) is 5.32 Å². The van der Waals surface area contributed by atoms with E-state index >= 15 is 0 Å². The molecule has 14 heavy (non-hydrogen) atoms. The van der Waals surface area contributed by atoms with Gasteiger partial charge in [0.2, 0.25) is 0 Å².